The van der Waals surface area contributed by atoms with Gasteiger partial charge in [0.25, 0.3) is 0 Å². The summed E-state index contributed by atoms with van der Waals surface area (Å²) in [5.41, 5.74) is 1.80. The normalized spacial score (nSPS) is 12.6. The lowest BCUT2D eigenvalue weighted by molar-refractivity contribution is -0.139. The van der Waals surface area contributed by atoms with E-state index in [1.165, 1.54) is 6.92 Å². The summed E-state index contributed by atoms with van der Waals surface area (Å²) in [6, 6.07) is 17.3. The zero-order valence-electron chi connectivity index (χ0n) is 25.9. The maximum Gasteiger partial charge on any atom is 0.416 e. The molecule has 0 radical (unpaired) electrons. The van der Waals surface area contributed by atoms with Gasteiger partial charge in [0.1, 0.15) is 23.3 Å². The fourth-order valence-corrected chi connectivity index (χ4v) is 4.57. The molecule has 0 aliphatic rings. The molecule has 0 aliphatic heterocycles. The van der Waals surface area contributed by atoms with Crippen molar-refractivity contribution >= 4 is 11.8 Å². The smallest absolute Gasteiger partial charge is 0.416 e. The first-order valence-corrected chi connectivity index (χ1v) is 14.6. The first kappa shape index (κ1) is 33.8. The second kappa shape index (κ2) is 14.8. The van der Waals surface area contributed by atoms with Gasteiger partial charge in [0.15, 0.2) is 5.78 Å². The standard InChI is InChI=1S/C35H35F3N2O6/c1-21(2)45-29-15-9-26(10-16-29)33-40-30(23(4)46-33)17-18-44-28-13-5-24(6-14-28)20-31(34(42)43)39-22(3)19-32(41)25-7-11-27(12-8-25)35(36,37)38/h5-16,19,21,31,39H,17-18,20H2,1-4H3,(H,42,43)/b22-19-/t31-/m0/s1. The highest BCUT2D eigenvalue weighted by Gasteiger charge is 2.30. The Balaban J connectivity index is 1.29. The number of aromatic nitrogens is 1. The molecule has 0 amide bonds. The van der Waals surface area contributed by atoms with Crippen LogP contribution in [0.4, 0.5) is 13.2 Å². The van der Waals surface area contributed by atoms with Crippen LogP contribution in [-0.2, 0) is 23.8 Å². The Morgan fingerprint density at radius 3 is 2.20 bits per heavy atom. The van der Waals surface area contributed by atoms with Gasteiger partial charge in [-0.2, -0.15) is 13.2 Å². The van der Waals surface area contributed by atoms with E-state index in [-0.39, 0.29) is 23.8 Å². The molecule has 0 saturated heterocycles. The van der Waals surface area contributed by atoms with Gasteiger partial charge in [0.2, 0.25) is 5.89 Å². The van der Waals surface area contributed by atoms with Crippen molar-refractivity contribution < 1.29 is 41.8 Å². The lowest BCUT2D eigenvalue weighted by Crippen LogP contribution is -2.37. The van der Waals surface area contributed by atoms with Crippen LogP contribution < -0.4 is 14.8 Å². The fourth-order valence-electron chi connectivity index (χ4n) is 4.57. The van der Waals surface area contributed by atoms with E-state index in [0.29, 0.717) is 30.4 Å². The van der Waals surface area contributed by atoms with E-state index >= 15 is 0 Å². The van der Waals surface area contributed by atoms with Crippen LogP contribution >= 0.6 is 0 Å². The quantitative estimate of drug-likeness (QED) is 0.109. The maximum absolute atomic E-state index is 12.8. The molecule has 0 saturated carbocycles. The maximum atomic E-state index is 12.8. The fraction of sp³-hybridized carbons (Fsp3) is 0.286. The highest BCUT2D eigenvalue weighted by Crippen LogP contribution is 2.29. The van der Waals surface area contributed by atoms with E-state index < -0.39 is 29.5 Å². The number of aryl methyl sites for hydroxylation is 1. The second-order valence-corrected chi connectivity index (χ2v) is 11.0. The number of halogens is 3. The molecular weight excluding hydrogens is 601 g/mol. The van der Waals surface area contributed by atoms with Crippen molar-refractivity contribution in [3.63, 3.8) is 0 Å². The van der Waals surface area contributed by atoms with Crippen molar-refractivity contribution in [1.29, 1.82) is 0 Å². The van der Waals surface area contributed by atoms with E-state index in [2.05, 4.69) is 10.3 Å². The number of ether oxygens (including phenoxy) is 2. The Morgan fingerprint density at radius 2 is 1.61 bits per heavy atom. The molecule has 0 spiro atoms. The molecule has 8 nitrogen and oxygen atoms in total. The third-order valence-electron chi connectivity index (χ3n) is 6.88. The van der Waals surface area contributed by atoms with E-state index in [4.69, 9.17) is 13.9 Å². The van der Waals surface area contributed by atoms with Crippen molar-refractivity contribution in [3.05, 3.63) is 113 Å². The number of aliphatic carboxylic acids is 1. The molecule has 3 aromatic carbocycles. The predicted molar refractivity (Wildman–Crippen MR) is 166 cm³/mol. The summed E-state index contributed by atoms with van der Waals surface area (Å²) < 4.78 is 55.8. The number of benzene rings is 3. The van der Waals surface area contributed by atoms with Crippen molar-refractivity contribution in [3.8, 4) is 23.0 Å². The van der Waals surface area contributed by atoms with Gasteiger partial charge in [-0.15, -0.1) is 0 Å². The molecule has 4 aromatic rings. The van der Waals surface area contributed by atoms with Gasteiger partial charge in [0.05, 0.1) is 24.0 Å². The van der Waals surface area contributed by atoms with Crippen LogP contribution in [0.3, 0.4) is 0 Å². The number of carboxylic acids is 1. The van der Waals surface area contributed by atoms with Crippen LogP contribution in [-0.4, -0.2) is 40.6 Å². The Kier molecular flexibility index (Phi) is 10.9. The van der Waals surface area contributed by atoms with Crippen molar-refractivity contribution in [2.45, 2.75) is 58.9 Å². The van der Waals surface area contributed by atoms with E-state index in [9.17, 15) is 27.9 Å². The monoisotopic (exact) mass is 636 g/mol. The van der Waals surface area contributed by atoms with Gasteiger partial charge in [-0.1, -0.05) is 24.3 Å². The number of alkyl halides is 3. The molecule has 0 unspecified atom stereocenters. The highest BCUT2D eigenvalue weighted by atomic mass is 19.4. The lowest BCUT2D eigenvalue weighted by Gasteiger charge is -2.16. The first-order valence-electron chi connectivity index (χ1n) is 14.6. The van der Waals surface area contributed by atoms with Crippen LogP contribution in [0.2, 0.25) is 0 Å². The average molecular weight is 637 g/mol. The largest absolute Gasteiger partial charge is 0.493 e. The van der Waals surface area contributed by atoms with E-state index in [1.54, 1.807) is 24.3 Å². The molecule has 0 fully saturated rings. The summed E-state index contributed by atoms with van der Waals surface area (Å²) >= 11 is 0. The van der Waals surface area contributed by atoms with Crippen molar-refractivity contribution in [2.24, 2.45) is 0 Å². The molecule has 2 N–H and O–H groups in total. The van der Waals surface area contributed by atoms with Gasteiger partial charge in [-0.25, -0.2) is 9.78 Å². The molecule has 46 heavy (non-hydrogen) atoms. The Labute approximate surface area is 264 Å². The average Bonchev–Trinajstić information content (AvgIpc) is 3.37. The van der Waals surface area contributed by atoms with Gasteiger partial charge in [0, 0.05) is 35.7 Å². The summed E-state index contributed by atoms with van der Waals surface area (Å²) in [5, 5.41) is 12.5. The van der Waals surface area contributed by atoms with E-state index in [0.717, 1.165) is 52.9 Å². The van der Waals surface area contributed by atoms with Crippen molar-refractivity contribution in [2.75, 3.05) is 6.61 Å². The van der Waals surface area contributed by atoms with Crippen LogP contribution in [0.1, 0.15) is 53.7 Å². The zero-order chi connectivity index (χ0) is 33.4. The number of carbonyl (C=O) groups excluding carboxylic acids is 1. The van der Waals surface area contributed by atoms with Gasteiger partial charge in [-0.3, -0.25) is 4.79 Å². The van der Waals surface area contributed by atoms with Crippen LogP contribution in [0, 0.1) is 6.92 Å². The summed E-state index contributed by atoms with van der Waals surface area (Å²) in [6.07, 6.45) is -2.63. The van der Waals surface area contributed by atoms with Crippen molar-refractivity contribution in [1.82, 2.24) is 10.3 Å². The second-order valence-electron chi connectivity index (χ2n) is 11.0. The first-order chi connectivity index (χ1) is 21.8. The Bertz CT molecular complexity index is 1660. The van der Waals surface area contributed by atoms with Gasteiger partial charge < -0.3 is 24.3 Å². The minimum absolute atomic E-state index is 0.0538. The van der Waals surface area contributed by atoms with Crippen LogP contribution in [0.5, 0.6) is 11.5 Å². The summed E-state index contributed by atoms with van der Waals surface area (Å²) in [5.74, 6) is 0.917. The molecular formula is C35H35F3N2O6. The third-order valence-corrected chi connectivity index (χ3v) is 6.88. The number of oxazole rings is 1. The summed E-state index contributed by atoms with van der Waals surface area (Å²) in [7, 11) is 0. The number of ketones is 1. The zero-order valence-corrected chi connectivity index (χ0v) is 25.9. The number of nitrogens with zero attached hydrogens (tertiary/aromatic N) is 1. The van der Waals surface area contributed by atoms with Crippen LogP contribution in [0.15, 0.2) is 89.0 Å². The Hall–Kier alpha value is -5.06. The molecule has 1 aromatic heterocycles. The lowest BCUT2D eigenvalue weighted by atomic mass is 10.0. The number of hydrogen-bond acceptors (Lipinski definition) is 7. The molecule has 11 heteroatoms. The number of carbonyl (C=O) groups is 2. The molecule has 0 bridgehead atoms. The molecule has 1 atom stereocenters. The Morgan fingerprint density at radius 1 is 0.978 bits per heavy atom. The molecule has 4 rings (SSSR count). The van der Waals surface area contributed by atoms with Gasteiger partial charge in [-0.05, 0) is 81.8 Å². The topological polar surface area (TPSA) is 111 Å². The predicted octanol–water partition coefficient (Wildman–Crippen LogP) is 7.45. The van der Waals surface area contributed by atoms with Crippen LogP contribution in [0.25, 0.3) is 11.5 Å². The molecule has 242 valence electrons. The summed E-state index contributed by atoms with van der Waals surface area (Å²) in [4.78, 5) is 29.0. The summed E-state index contributed by atoms with van der Waals surface area (Å²) in [6.45, 7) is 7.66. The molecule has 1 heterocycles. The SMILES string of the molecule is C/C(=C/C(=O)c1ccc(C(F)(F)F)cc1)N[C@@H](Cc1ccc(OCCc2nc(-c3ccc(OC(C)C)cc3)oc2C)cc1)C(=O)O. The van der Waals surface area contributed by atoms with E-state index in [1.807, 2.05) is 45.0 Å². The third kappa shape index (κ3) is 9.47. The number of carboxylic acid groups (broad SMARTS) is 1. The number of allylic oxidation sites excluding steroid dienone is 2. The number of hydrogen-bond donors (Lipinski definition) is 2. The minimum Gasteiger partial charge on any atom is -0.493 e. The molecule has 0 aliphatic carbocycles. The minimum atomic E-state index is -4.51. The number of rotatable bonds is 14. The van der Waals surface area contributed by atoms with Gasteiger partial charge >= 0.3 is 12.1 Å². The highest BCUT2D eigenvalue weighted by molar-refractivity contribution is 6.04. The number of nitrogens with one attached hydrogen (secondary N) is 1.